The van der Waals surface area contributed by atoms with E-state index in [9.17, 15) is 9.59 Å². The monoisotopic (exact) mass is 832 g/mol. The Hall–Kier alpha value is -3.72. The van der Waals surface area contributed by atoms with Gasteiger partial charge >= 0.3 is 6.09 Å². The van der Waals surface area contributed by atoms with Gasteiger partial charge < -0.3 is 44.1 Å². The highest BCUT2D eigenvalue weighted by Gasteiger charge is 2.44. The standard InChI is InChI=1S/C42H45N2O4PS.HI/c1-47-38-23-12-11-22-37(38)40(45)44-32-42(39-24-15-31-50-39)27-25-33(26-28-42)48-41(46)43-29-13-14-30-49(34-16-5-2-6-17-34,35-18-7-3-8-19-35)36-20-9-4-10-21-36;/h2-12,15-24,31,33H,13-14,25-30,32H2,1H3,(H-,43,44,45,46);1H. The molecule has 5 aromatic rings. The van der Waals surface area contributed by atoms with Gasteiger partial charge in [-0.3, -0.25) is 4.79 Å². The maximum Gasteiger partial charge on any atom is 0.407 e. The van der Waals surface area contributed by atoms with Gasteiger partial charge in [-0.2, -0.15) is 0 Å². The molecular weight excluding hydrogens is 786 g/mol. The summed E-state index contributed by atoms with van der Waals surface area (Å²) in [6, 6.07) is 44.2. The molecule has 1 aliphatic rings. The zero-order valence-corrected chi connectivity index (χ0v) is 32.9. The summed E-state index contributed by atoms with van der Waals surface area (Å²) in [7, 11) is -0.313. The van der Waals surface area contributed by atoms with Gasteiger partial charge in [-0.25, -0.2) is 4.79 Å². The number of thiophene rings is 1. The summed E-state index contributed by atoms with van der Waals surface area (Å²) in [6.45, 7) is 1.08. The van der Waals surface area contributed by atoms with Crippen molar-refractivity contribution in [2.75, 3.05) is 26.4 Å². The van der Waals surface area contributed by atoms with Crippen LogP contribution in [0.25, 0.3) is 0 Å². The smallest absolute Gasteiger partial charge is 0.407 e. The number of halogens is 1. The van der Waals surface area contributed by atoms with Crippen molar-refractivity contribution < 1.29 is 43.0 Å². The molecule has 51 heavy (non-hydrogen) atoms. The largest absolute Gasteiger partial charge is 1.00 e. The Morgan fingerprint density at radius 2 is 1.31 bits per heavy atom. The molecule has 0 unspecified atom stereocenters. The fourth-order valence-corrected chi connectivity index (χ4v) is 12.7. The average molecular weight is 833 g/mol. The molecule has 9 heteroatoms. The molecule has 0 radical (unpaired) electrons. The second kappa shape index (κ2) is 18.7. The van der Waals surface area contributed by atoms with Crippen LogP contribution in [-0.4, -0.2) is 44.5 Å². The first kappa shape index (κ1) is 38.5. The highest BCUT2D eigenvalue weighted by atomic mass is 127. The molecule has 2 amide bonds. The number of carbonyl (C=O) groups excluding carboxylic acids is 2. The van der Waals surface area contributed by atoms with Crippen molar-refractivity contribution in [1.82, 2.24) is 10.6 Å². The molecule has 1 heterocycles. The molecule has 0 saturated heterocycles. The van der Waals surface area contributed by atoms with Crippen LogP contribution in [0.3, 0.4) is 0 Å². The lowest BCUT2D eigenvalue weighted by Crippen LogP contribution is -3.00. The third-order valence-corrected chi connectivity index (χ3v) is 15.6. The van der Waals surface area contributed by atoms with Crippen LogP contribution < -0.4 is 55.3 Å². The fourth-order valence-electron chi connectivity index (χ4n) is 7.27. The summed E-state index contributed by atoms with van der Waals surface area (Å²) < 4.78 is 11.3. The summed E-state index contributed by atoms with van der Waals surface area (Å²) in [4.78, 5) is 27.4. The number of rotatable bonds is 14. The number of nitrogens with one attached hydrogen (secondary N) is 2. The second-order valence-corrected chi connectivity index (χ2v) is 17.5. The van der Waals surface area contributed by atoms with Gasteiger partial charge in [-0.05, 0) is 98.5 Å². The molecule has 0 bridgehead atoms. The maximum absolute atomic E-state index is 13.1. The van der Waals surface area contributed by atoms with Crippen molar-refractivity contribution in [1.29, 1.82) is 0 Å². The zero-order chi connectivity index (χ0) is 34.7. The van der Waals surface area contributed by atoms with E-state index in [1.165, 1.54) is 20.8 Å². The van der Waals surface area contributed by atoms with Crippen LogP contribution in [0.4, 0.5) is 4.79 Å². The quantitative estimate of drug-likeness (QED) is 0.0953. The summed E-state index contributed by atoms with van der Waals surface area (Å²) in [5.41, 5.74) is 0.325. The molecule has 4 aromatic carbocycles. The molecule has 0 spiro atoms. The van der Waals surface area contributed by atoms with Crippen molar-refractivity contribution in [3.8, 4) is 5.75 Å². The minimum atomic E-state index is -1.89. The molecule has 1 saturated carbocycles. The van der Waals surface area contributed by atoms with E-state index >= 15 is 0 Å². The Balaban J connectivity index is 0.00000504. The summed E-state index contributed by atoms with van der Waals surface area (Å²) in [5, 5.41) is 12.4. The van der Waals surface area contributed by atoms with Crippen LogP contribution in [0.15, 0.2) is 133 Å². The Morgan fingerprint density at radius 1 is 0.745 bits per heavy atom. The minimum Gasteiger partial charge on any atom is -1.00 e. The number of hydrogen-bond donors (Lipinski definition) is 2. The molecule has 6 nitrogen and oxygen atoms in total. The lowest BCUT2D eigenvalue weighted by Gasteiger charge is -2.39. The van der Waals surface area contributed by atoms with Crippen LogP contribution in [0.5, 0.6) is 5.75 Å². The van der Waals surface area contributed by atoms with Gasteiger partial charge in [-0.1, -0.05) is 72.8 Å². The van der Waals surface area contributed by atoms with Crippen molar-refractivity contribution in [2.24, 2.45) is 0 Å². The summed E-state index contributed by atoms with van der Waals surface area (Å²) >= 11 is 1.72. The van der Waals surface area contributed by atoms with E-state index in [4.69, 9.17) is 9.47 Å². The topological polar surface area (TPSA) is 76.7 Å². The van der Waals surface area contributed by atoms with E-state index in [2.05, 4.69) is 119 Å². The molecule has 266 valence electrons. The van der Waals surface area contributed by atoms with E-state index in [-0.39, 0.29) is 47.5 Å². The highest BCUT2D eigenvalue weighted by molar-refractivity contribution is 7.95. The van der Waals surface area contributed by atoms with E-state index in [0.717, 1.165) is 44.7 Å². The van der Waals surface area contributed by atoms with Gasteiger partial charge in [0.1, 0.15) is 35.0 Å². The molecule has 1 aromatic heterocycles. The Labute approximate surface area is 323 Å². The second-order valence-electron chi connectivity index (χ2n) is 12.9. The lowest BCUT2D eigenvalue weighted by atomic mass is 9.72. The summed E-state index contributed by atoms with van der Waals surface area (Å²) in [6.07, 6.45) is 5.48. The van der Waals surface area contributed by atoms with Gasteiger partial charge in [0.15, 0.2) is 0 Å². The molecule has 6 rings (SSSR count). The van der Waals surface area contributed by atoms with E-state index in [1.807, 2.05) is 12.1 Å². The Bertz CT molecular complexity index is 1700. The van der Waals surface area contributed by atoms with Gasteiger partial charge in [-0.15, -0.1) is 11.3 Å². The maximum atomic E-state index is 13.1. The van der Waals surface area contributed by atoms with E-state index in [1.54, 1.807) is 30.6 Å². The van der Waals surface area contributed by atoms with Crippen molar-refractivity contribution in [3.05, 3.63) is 143 Å². The van der Waals surface area contributed by atoms with Crippen LogP contribution in [0.2, 0.25) is 0 Å². The van der Waals surface area contributed by atoms with E-state index < -0.39 is 7.26 Å². The fraction of sp³-hybridized carbons (Fsp3) is 0.286. The van der Waals surface area contributed by atoms with Gasteiger partial charge in [0, 0.05) is 23.4 Å². The first-order valence-electron chi connectivity index (χ1n) is 17.5. The summed E-state index contributed by atoms with van der Waals surface area (Å²) in [5.74, 6) is 0.412. The van der Waals surface area contributed by atoms with Gasteiger partial charge in [0.25, 0.3) is 5.91 Å². The molecule has 2 N–H and O–H groups in total. The lowest BCUT2D eigenvalue weighted by molar-refractivity contribution is -0.0000302. The Morgan fingerprint density at radius 3 is 1.86 bits per heavy atom. The molecular formula is C42H46IN2O4PS. The van der Waals surface area contributed by atoms with Crippen molar-refractivity contribution in [3.63, 3.8) is 0 Å². The molecule has 1 aliphatic carbocycles. The zero-order valence-electron chi connectivity index (χ0n) is 29.0. The van der Waals surface area contributed by atoms with Crippen LogP contribution in [0.1, 0.15) is 53.8 Å². The highest BCUT2D eigenvalue weighted by Crippen LogP contribution is 2.56. The van der Waals surface area contributed by atoms with Crippen molar-refractivity contribution in [2.45, 2.75) is 50.0 Å². The number of hydrogen-bond acceptors (Lipinski definition) is 5. The molecule has 0 atom stereocenters. The molecule has 0 aliphatic heterocycles. The number of carbonyl (C=O) groups is 2. The van der Waals surface area contributed by atoms with Crippen LogP contribution in [0, 0.1) is 0 Å². The number of alkyl carbamates (subject to hydrolysis) is 1. The van der Waals surface area contributed by atoms with Gasteiger partial charge in [0.05, 0.1) is 18.8 Å². The SMILES string of the molecule is COc1ccccc1C(=O)NCC1(c2cccs2)CCC(OC(=O)NCCCC[P+](c2ccccc2)(c2ccccc2)c2ccccc2)CC1.[I-]. The number of ether oxygens (including phenoxy) is 2. The third-order valence-electron chi connectivity index (χ3n) is 9.93. The first-order chi connectivity index (χ1) is 24.5. The predicted molar refractivity (Wildman–Crippen MR) is 207 cm³/mol. The number of unbranched alkanes of at least 4 members (excludes halogenated alkanes) is 1. The van der Waals surface area contributed by atoms with E-state index in [0.29, 0.717) is 24.4 Å². The number of amides is 2. The molecule has 1 fully saturated rings. The number of methoxy groups -OCH3 is 1. The van der Waals surface area contributed by atoms with Crippen molar-refractivity contribution >= 4 is 46.5 Å². The third kappa shape index (κ3) is 9.21. The number of benzene rings is 4. The average Bonchev–Trinajstić information content (AvgIpc) is 3.73. The van der Waals surface area contributed by atoms with Gasteiger partial charge in [0.2, 0.25) is 0 Å². The normalized spacial score (nSPS) is 17.1. The number of para-hydroxylation sites is 1. The minimum absolute atomic E-state index is 0. The van der Waals surface area contributed by atoms with Crippen LogP contribution >= 0.6 is 18.6 Å². The predicted octanol–water partition coefficient (Wildman–Crippen LogP) is 4.87. The van der Waals surface area contributed by atoms with Crippen LogP contribution in [-0.2, 0) is 10.2 Å². The Kier molecular flexibility index (Phi) is 14.1. The first-order valence-corrected chi connectivity index (χ1v) is 20.3.